The predicted octanol–water partition coefficient (Wildman–Crippen LogP) is 3.81. The predicted molar refractivity (Wildman–Crippen MR) is 86.4 cm³/mol. The van der Waals surface area contributed by atoms with E-state index < -0.39 is 0 Å². The van der Waals surface area contributed by atoms with Crippen molar-refractivity contribution in [2.75, 3.05) is 5.32 Å². The van der Waals surface area contributed by atoms with Gasteiger partial charge in [0.1, 0.15) is 18.1 Å². The van der Waals surface area contributed by atoms with E-state index in [-0.39, 0.29) is 5.91 Å². The third-order valence-corrected chi connectivity index (χ3v) is 3.24. The van der Waals surface area contributed by atoms with Crippen molar-refractivity contribution in [3.63, 3.8) is 0 Å². The molecule has 0 saturated heterocycles. The van der Waals surface area contributed by atoms with Gasteiger partial charge in [0, 0.05) is 6.07 Å². The molecule has 0 aliphatic rings. The van der Waals surface area contributed by atoms with E-state index in [1.807, 2.05) is 36.4 Å². The molecule has 5 heteroatoms. The molecule has 0 bridgehead atoms. The Hall–Kier alpha value is -3.08. The largest absolute Gasteiger partial charge is 0.488 e. The third kappa shape index (κ3) is 3.77. The van der Waals surface area contributed by atoms with Gasteiger partial charge in [-0.2, -0.15) is 0 Å². The maximum absolute atomic E-state index is 12.4. The minimum atomic E-state index is -0.290. The summed E-state index contributed by atoms with van der Waals surface area (Å²) in [6.45, 7) is 2.16. The number of anilines is 1. The molecule has 5 nitrogen and oxygen atoms in total. The van der Waals surface area contributed by atoms with Crippen LogP contribution in [0.1, 0.15) is 21.7 Å². The fraction of sp³-hybridized carbons (Fsp3) is 0.111. The average Bonchev–Trinajstić information content (AvgIpc) is 2.99. The first-order valence-electron chi connectivity index (χ1n) is 7.23. The van der Waals surface area contributed by atoms with Crippen LogP contribution in [0.2, 0.25) is 0 Å². The van der Waals surface area contributed by atoms with Crippen LogP contribution in [0, 0.1) is 6.92 Å². The Kier molecular flexibility index (Phi) is 4.38. The number of aromatic nitrogens is 1. The Balaban J connectivity index is 1.73. The van der Waals surface area contributed by atoms with E-state index in [0.717, 1.165) is 5.56 Å². The number of carbonyl (C=O) groups excluding carboxylic acids is 1. The van der Waals surface area contributed by atoms with Crippen LogP contribution in [-0.2, 0) is 6.61 Å². The Bertz CT molecular complexity index is 797. The quantitative estimate of drug-likeness (QED) is 0.778. The number of ether oxygens (including phenoxy) is 1. The van der Waals surface area contributed by atoms with Crippen LogP contribution in [0.4, 0.5) is 5.82 Å². The molecule has 1 amide bonds. The highest BCUT2D eigenvalue weighted by molar-refractivity contribution is 6.05. The summed E-state index contributed by atoms with van der Waals surface area (Å²) in [6, 6.07) is 18.6. The molecule has 1 N–H and O–H groups in total. The summed E-state index contributed by atoms with van der Waals surface area (Å²) in [5.74, 6) is 1.25. The molecule has 116 valence electrons. The Morgan fingerprint density at radius 1 is 1.13 bits per heavy atom. The SMILES string of the molecule is Cc1cc(NC(=O)c2ccccc2OCc2ccccc2)no1. The molecule has 0 aliphatic heterocycles. The van der Waals surface area contributed by atoms with Crippen molar-refractivity contribution in [3.05, 3.63) is 77.6 Å². The van der Waals surface area contributed by atoms with Crippen molar-refractivity contribution < 1.29 is 14.1 Å². The molecule has 0 fully saturated rings. The lowest BCUT2D eigenvalue weighted by molar-refractivity contribution is 0.102. The number of aryl methyl sites for hydroxylation is 1. The zero-order valence-corrected chi connectivity index (χ0v) is 12.7. The molecule has 0 unspecified atom stereocenters. The van der Waals surface area contributed by atoms with Gasteiger partial charge in [0.15, 0.2) is 5.82 Å². The summed E-state index contributed by atoms with van der Waals surface area (Å²) >= 11 is 0. The second-order valence-electron chi connectivity index (χ2n) is 5.05. The van der Waals surface area contributed by atoms with Crippen molar-refractivity contribution >= 4 is 11.7 Å². The number of hydrogen-bond acceptors (Lipinski definition) is 4. The van der Waals surface area contributed by atoms with Crippen LogP contribution in [-0.4, -0.2) is 11.1 Å². The van der Waals surface area contributed by atoms with E-state index in [1.54, 1.807) is 31.2 Å². The third-order valence-electron chi connectivity index (χ3n) is 3.24. The molecule has 0 aliphatic carbocycles. The van der Waals surface area contributed by atoms with E-state index in [9.17, 15) is 4.79 Å². The first-order chi connectivity index (χ1) is 11.2. The van der Waals surface area contributed by atoms with Crippen LogP contribution in [0.15, 0.2) is 65.2 Å². The second-order valence-corrected chi connectivity index (χ2v) is 5.05. The second kappa shape index (κ2) is 6.79. The van der Waals surface area contributed by atoms with Gasteiger partial charge in [-0.25, -0.2) is 0 Å². The van der Waals surface area contributed by atoms with Gasteiger partial charge < -0.3 is 14.6 Å². The fourth-order valence-electron chi connectivity index (χ4n) is 2.12. The maximum Gasteiger partial charge on any atom is 0.260 e. The van der Waals surface area contributed by atoms with Gasteiger partial charge in [0.05, 0.1) is 5.56 Å². The number of amides is 1. The summed E-state index contributed by atoms with van der Waals surface area (Å²) in [6.07, 6.45) is 0. The summed E-state index contributed by atoms with van der Waals surface area (Å²) in [4.78, 5) is 12.4. The number of nitrogens with zero attached hydrogens (tertiary/aromatic N) is 1. The number of rotatable bonds is 5. The monoisotopic (exact) mass is 308 g/mol. The van der Waals surface area contributed by atoms with Gasteiger partial charge in [-0.05, 0) is 24.6 Å². The number of nitrogens with one attached hydrogen (secondary N) is 1. The van der Waals surface area contributed by atoms with E-state index in [0.29, 0.717) is 29.5 Å². The normalized spacial score (nSPS) is 10.3. The van der Waals surface area contributed by atoms with Gasteiger partial charge in [-0.15, -0.1) is 0 Å². The van der Waals surface area contributed by atoms with Crippen molar-refractivity contribution in [1.29, 1.82) is 0 Å². The van der Waals surface area contributed by atoms with E-state index >= 15 is 0 Å². The highest BCUT2D eigenvalue weighted by Gasteiger charge is 2.14. The smallest absolute Gasteiger partial charge is 0.260 e. The highest BCUT2D eigenvalue weighted by atomic mass is 16.5. The minimum Gasteiger partial charge on any atom is -0.488 e. The zero-order valence-electron chi connectivity index (χ0n) is 12.7. The van der Waals surface area contributed by atoms with Gasteiger partial charge in [0.2, 0.25) is 0 Å². The summed E-state index contributed by atoms with van der Waals surface area (Å²) in [5, 5.41) is 6.45. The van der Waals surface area contributed by atoms with Crippen molar-refractivity contribution in [3.8, 4) is 5.75 Å². The van der Waals surface area contributed by atoms with Gasteiger partial charge in [-0.1, -0.05) is 47.6 Å². The van der Waals surface area contributed by atoms with Crippen LogP contribution in [0.25, 0.3) is 0 Å². The van der Waals surface area contributed by atoms with Gasteiger partial charge in [-0.3, -0.25) is 4.79 Å². The zero-order chi connectivity index (χ0) is 16.1. The lowest BCUT2D eigenvalue weighted by Gasteiger charge is -2.10. The standard InChI is InChI=1S/C18H16N2O3/c1-13-11-17(20-23-13)19-18(21)15-9-5-6-10-16(15)22-12-14-7-3-2-4-8-14/h2-11H,12H2,1H3,(H,19,20,21). The van der Waals surface area contributed by atoms with Crippen LogP contribution >= 0.6 is 0 Å². The molecule has 1 aromatic heterocycles. The summed E-state index contributed by atoms with van der Waals surface area (Å²) < 4.78 is 10.7. The van der Waals surface area contributed by atoms with Crippen LogP contribution in [0.5, 0.6) is 5.75 Å². The van der Waals surface area contributed by atoms with E-state index in [4.69, 9.17) is 9.26 Å². The lowest BCUT2D eigenvalue weighted by atomic mass is 10.2. The average molecular weight is 308 g/mol. The molecular formula is C18H16N2O3. The first-order valence-corrected chi connectivity index (χ1v) is 7.23. The fourth-order valence-corrected chi connectivity index (χ4v) is 2.12. The Labute approximate surface area is 133 Å². The van der Waals surface area contributed by atoms with Crippen LogP contribution < -0.4 is 10.1 Å². The maximum atomic E-state index is 12.4. The number of benzene rings is 2. The number of hydrogen-bond donors (Lipinski definition) is 1. The van der Waals surface area contributed by atoms with E-state index in [1.165, 1.54) is 0 Å². The molecule has 3 aromatic rings. The molecule has 0 atom stereocenters. The lowest BCUT2D eigenvalue weighted by Crippen LogP contribution is -2.13. The molecule has 2 aromatic carbocycles. The minimum absolute atomic E-state index is 0.290. The topological polar surface area (TPSA) is 64.4 Å². The molecule has 0 spiro atoms. The van der Waals surface area contributed by atoms with Crippen molar-refractivity contribution in [2.24, 2.45) is 0 Å². The number of para-hydroxylation sites is 1. The van der Waals surface area contributed by atoms with Gasteiger partial charge in [0.25, 0.3) is 5.91 Å². The molecular weight excluding hydrogens is 292 g/mol. The molecule has 23 heavy (non-hydrogen) atoms. The van der Waals surface area contributed by atoms with Crippen molar-refractivity contribution in [2.45, 2.75) is 13.5 Å². The molecule has 0 radical (unpaired) electrons. The molecule has 1 heterocycles. The van der Waals surface area contributed by atoms with Gasteiger partial charge >= 0.3 is 0 Å². The highest BCUT2D eigenvalue weighted by Crippen LogP contribution is 2.21. The molecule has 0 saturated carbocycles. The summed E-state index contributed by atoms with van der Waals surface area (Å²) in [7, 11) is 0. The van der Waals surface area contributed by atoms with Crippen molar-refractivity contribution in [1.82, 2.24) is 5.16 Å². The number of carbonyl (C=O) groups is 1. The van der Waals surface area contributed by atoms with Crippen LogP contribution in [0.3, 0.4) is 0 Å². The summed E-state index contributed by atoms with van der Waals surface area (Å²) in [5.41, 5.74) is 1.49. The van der Waals surface area contributed by atoms with E-state index in [2.05, 4.69) is 10.5 Å². The molecule has 3 rings (SSSR count). The first kappa shape index (κ1) is 14.8. The Morgan fingerprint density at radius 2 is 1.87 bits per heavy atom. The Morgan fingerprint density at radius 3 is 2.61 bits per heavy atom.